The maximum Gasteiger partial charge on any atom is 0.257 e. The highest BCUT2D eigenvalue weighted by Crippen LogP contribution is 2.59. The van der Waals surface area contributed by atoms with E-state index in [9.17, 15) is 4.79 Å². The first kappa shape index (κ1) is 20.1. The second-order valence-electron chi connectivity index (χ2n) is 10.4. The first-order chi connectivity index (χ1) is 14.5. The predicted molar refractivity (Wildman–Crippen MR) is 120 cm³/mol. The van der Waals surface area contributed by atoms with Gasteiger partial charge < -0.3 is 9.64 Å². The minimum absolute atomic E-state index is 0.131. The molecule has 3 aliphatic carbocycles. The summed E-state index contributed by atoms with van der Waals surface area (Å²) >= 11 is 0. The lowest BCUT2D eigenvalue weighted by atomic mass is 9.49. The van der Waals surface area contributed by atoms with E-state index >= 15 is 0 Å². The van der Waals surface area contributed by atoms with Crippen molar-refractivity contribution < 1.29 is 9.53 Å². The zero-order chi connectivity index (χ0) is 20.7. The molecule has 3 fully saturated rings. The Morgan fingerprint density at radius 1 is 1.10 bits per heavy atom. The molecule has 1 saturated carbocycles. The van der Waals surface area contributed by atoms with E-state index in [1.165, 1.54) is 12.8 Å². The lowest BCUT2D eigenvalue weighted by Crippen LogP contribution is -2.50. The molecular formula is C26H36N2O2. The van der Waals surface area contributed by atoms with E-state index in [-0.39, 0.29) is 12.0 Å². The van der Waals surface area contributed by atoms with Gasteiger partial charge in [-0.2, -0.15) is 0 Å². The smallest absolute Gasteiger partial charge is 0.257 e. The van der Waals surface area contributed by atoms with Gasteiger partial charge in [0.2, 0.25) is 0 Å². The molecule has 162 valence electrons. The molecule has 1 aromatic carbocycles. The molecule has 0 unspecified atom stereocenters. The zero-order valence-electron chi connectivity index (χ0n) is 18.6. The maximum absolute atomic E-state index is 12.9. The van der Waals surface area contributed by atoms with Crippen LogP contribution in [-0.2, 0) is 0 Å². The van der Waals surface area contributed by atoms with Gasteiger partial charge in [-0.25, -0.2) is 0 Å². The third kappa shape index (κ3) is 3.68. The fourth-order valence-corrected chi connectivity index (χ4v) is 6.12. The summed E-state index contributed by atoms with van der Waals surface area (Å²) in [6, 6.07) is 7.82. The normalized spacial score (nSPS) is 28.7. The highest BCUT2D eigenvalue weighted by Gasteiger charge is 2.51. The first-order valence-electron chi connectivity index (χ1n) is 12.0. The van der Waals surface area contributed by atoms with Gasteiger partial charge in [0.15, 0.2) is 0 Å². The van der Waals surface area contributed by atoms with E-state index in [0.717, 1.165) is 81.6 Å². The van der Waals surface area contributed by atoms with Crippen LogP contribution in [0.1, 0.15) is 62.7 Å². The first-order valence-corrected chi connectivity index (χ1v) is 12.0. The Labute approximate surface area is 181 Å². The van der Waals surface area contributed by atoms with Crippen molar-refractivity contribution in [1.82, 2.24) is 9.80 Å². The minimum atomic E-state index is 0.131. The number of piperidine rings is 1. The maximum atomic E-state index is 12.9. The van der Waals surface area contributed by atoms with Gasteiger partial charge in [-0.3, -0.25) is 9.69 Å². The molecular weight excluding hydrogens is 372 g/mol. The van der Waals surface area contributed by atoms with E-state index in [0.29, 0.717) is 5.41 Å². The molecule has 2 aliphatic heterocycles. The van der Waals surface area contributed by atoms with Crippen molar-refractivity contribution >= 4 is 5.91 Å². The molecule has 6 rings (SSSR count). The Hall–Kier alpha value is -1.81. The van der Waals surface area contributed by atoms with Crippen molar-refractivity contribution in [3.8, 4) is 5.75 Å². The van der Waals surface area contributed by atoms with Crippen molar-refractivity contribution in [3.63, 3.8) is 0 Å². The van der Waals surface area contributed by atoms with E-state index < -0.39 is 0 Å². The largest absolute Gasteiger partial charge is 0.489 e. The van der Waals surface area contributed by atoms with Gasteiger partial charge in [0, 0.05) is 32.7 Å². The highest BCUT2D eigenvalue weighted by molar-refractivity contribution is 5.97. The van der Waals surface area contributed by atoms with Crippen LogP contribution in [0.25, 0.3) is 0 Å². The third-order valence-corrected chi connectivity index (χ3v) is 8.33. The van der Waals surface area contributed by atoms with Crippen LogP contribution in [0, 0.1) is 17.3 Å². The SMILES string of the molecule is CC1(C)[C@H]2CC=C(CN3CCC(Oc4ccccc4C(=O)N4CCCC4)CC3)[C@@H]1C2. The highest BCUT2D eigenvalue weighted by atomic mass is 16.5. The fraction of sp³-hybridized carbons (Fsp3) is 0.654. The van der Waals surface area contributed by atoms with Crippen molar-refractivity contribution in [2.45, 2.75) is 58.5 Å². The van der Waals surface area contributed by atoms with Crippen LogP contribution in [0.3, 0.4) is 0 Å². The molecule has 4 nitrogen and oxygen atoms in total. The second-order valence-corrected chi connectivity index (χ2v) is 10.4. The van der Waals surface area contributed by atoms with Crippen molar-refractivity contribution in [1.29, 1.82) is 0 Å². The molecule has 0 aromatic heterocycles. The molecule has 1 aromatic rings. The van der Waals surface area contributed by atoms with Gasteiger partial charge in [0.25, 0.3) is 5.91 Å². The van der Waals surface area contributed by atoms with Crippen molar-refractivity contribution in [3.05, 3.63) is 41.5 Å². The minimum Gasteiger partial charge on any atom is -0.489 e. The Bertz CT molecular complexity index is 816. The molecule has 2 bridgehead atoms. The monoisotopic (exact) mass is 408 g/mol. The molecule has 4 heteroatoms. The second kappa shape index (κ2) is 8.03. The van der Waals surface area contributed by atoms with Crippen molar-refractivity contribution in [2.24, 2.45) is 17.3 Å². The molecule has 0 radical (unpaired) electrons. The molecule has 2 atom stereocenters. The lowest BCUT2D eigenvalue weighted by Gasteiger charge is -2.57. The molecule has 2 saturated heterocycles. The van der Waals surface area contributed by atoms with Crippen LogP contribution in [-0.4, -0.2) is 54.5 Å². The van der Waals surface area contributed by atoms with E-state index in [2.05, 4.69) is 24.8 Å². The number of carbonyl (C=O) groups is 1. The summed E-state index contributed by atoms with van der Waals surface area (Å²) < 4.78 is 6.38. The van der Waals surface area contributed by atoms with Gasteiger partial charge >= 0.3 is 0 Å². The van der Waals surface area contributed by atoms with Gasteiger partial charge in [0.05, 0.1) is 5.56 Å². The number of amides is 1. The molecule has 30 heavy (non-hydrogen) atoms. The standard InChI is InChI=1S/C26H36N2O2/c1-26(2)20-10-9-19(23(26)17-20)18-27-15-11-21(12-16-27)30-24-8-4-3-7-22(24)25(29)28-13-5-6-14-28/h3-4,7-9,20-21,23H,5-6,10-18H2,1-2H3/t20-,23-/m0/s1. The molecule has 1 amide bonds. The molecule has 5 aliphatic rings. The summed E-state index contributed by atoms with van der Waals surface area (Å²) in [5, 5.41) is 0. The Morgan fingerprint density at radius 2 is 1.83 bits per heavy atom. The summed E-state index contributed by atoms with van der Waals surface area (Å²) in [6.45, 7) is 9.97. The number of benzene rings is 1. The van der Waals surface area contributed by atoms with Gasteiger partial charge in [-0.15, -0.1) is 0 Å². The van der Waals surface area contributed by atoms with E-state index in [1.54, 1.807) is 5.57 Å². The van der Waals surface area contributed by atoms with Gasteiger partial charge in [-0.1, -0.05) is 37.6 Å². The quantitative estimate of drug-likeness (QED) is 0.659. The molecule has 0 spiro atoms. The van der Waals surface area contributed by atoms with E-state index in [4.69, 9.17) is 4.74 Å². The topological polar surface area (TPSA) is 32.8 Å². The van der Waals surface area contributed by atoms with Crippen LogP contribution in [0.15, 0.2) is 35.9 Å². The average molecular weight is 409 g/mol. The summed E-state index contributed by atoms with van der Waals surface area (Å²) in [6.07, 6.45) is 9.73. The average Bonchev–Trinajstić information content (AvgIpc) is 3.30. The predicted octanol–water partition coefficient (Wildman–Crippen LogP) is 4.76. The third-order valence-electron chi connectivity index (χ3n) is 8.33. The lowest BCUT2D eigenvalue weighted by molar-refractivity contribution is -0.0123. The molecule has 0 N–H and O–H groups in total. The van der Waals surface area contributed by atoms with Gasteiger partial charge in [-0.05, 0) is 67.9 Å². The Balaban J connectivity index is 1.16. The summed E-state index contributed by atoms with van der Waals surface area (Å²) in [4.78, 5) is 17.5. The van der Waals surface area contributed by atoms with E-state index in [1.807, 2.05) is 29.2 Å². The number of nitrogens with zero attached hydrogens (tertiary/aromatic N) is 2. The Kier molecular flexibility index (Phi) is 5.38. The zero-order valence-corrected chi connectivity index (χ0v) is 18.6. The summed E-state index contributed by atoms with van der Waals surface area (Å²) in [7, 11) is 0. The van der Waals surface area contributed by atoms with Crippen LogP contribution in [0.5, 0.6) is 5.75 Å². The number of rotatable bonds is 5. The fourth-order valence-electron chi connectivity index (χ4n) is 6.12. The molecule has 2 heterocycles. The van der Waals surface area contributed by atoms with Crippen LogP contribution >= 0.6 is 0 Å². The van der Waals surface area contributed by atoms with Crippen molar-refractivity contribution in [2.75, 3.05) is 32.7 Å². The number of hydrogen-bond acceptors (Lipinski definition) is 3. The van der Waals surface area contributed by atoms with Crippen LogP contribution in [0.4, 0.5) is 0 Å². The number of carbonyl (C=O) groups excluding carboxylic acids is 1. The number of ether oxygens (including phenoxy) is 1. The number of para-hydroxylation sites is 1. The number of fused-ring (bicyclic) bond motifs is 1. The van der Waals surface area contributed by atoms with Crippen LogP contribution < -0.4 is 4.74 Å². The number of hydrogen-bond donors (Lipinski definition) is 0. The Morgan fingerprint density at radius 3 is 2.53 bits per heavy atom. The number of likely N-dealkylation sites (tertiary alicyclic amines) is 2. The number of allylic oxidation sites excluding steroid dienone is 1. The van der Waals surface area contributed by atoms with Gasteiger partial charge in [0.1, 0.15) is 11.9 Å². The summed E-state index contributed by atoms with van der Waals surface area (Å²) in [5.41, 5.74) is 2.93. The summed E-state index contributed by atoms with van der Waals surface area (Å²) in [5.74, 6) is 2.61. The van der Waals surface area contributed by atoms with Crippen LogP contribution in [0.2, 0.25) is 0 Å².